The van der Waals surface area contributed by atoms with Crippen LogP contribution in [0.15, 0.2) is 12.1 Å². The summed E-state index contributed by atoms with van der Waals surface area (Å²) in [6, 6.07) is 2.35. The van der Waals surface area contributed by atoms with Crippen LogP contribution in [0.1, 0.15) is 89.5 Å². The van der Waals surface area contributed by atoms with Gasteiger partial charge in [-0.05, 0) is 98.7 Å². The lowest BCUT2D eigenvalue weighted by atomic mass is 9.66. The van der Waals surface area contributed by atoms with E-state index in [9.17, 15) is 17.6 Å². The van der Waals surface area contributed by atoms with E-state index in [-0.39, 0.29) is 5.92 Å². The summed E-state index contributed by atoms with van der Waals surface area (Å²) in [7, 11) is 0. The van der Waals surface area contributed by atoms with E-state index in [4.69, 9.17) is 0 Å². The Labute approximate surface area is 172 Å². The largest absolute Gasteiger partial charge is 0.429 e. The maximum absolute atomic E-state index is 14.1. The van der Waals surface area contributed by atoms with Crippen LogP contribution in [0.25, 0.3) is 0 Å². The summed E-state index contributed by atoms with van der Waals surface area (Å²) in [6.45, 7) is 1.42. The zero-order valence-electron chi connectivity index (χ0n) is 17.6. The van der Waals surface area contributed by atoms with E-state index in [1.165, 1.54) is 50.7 Å². The molecule has 164 valence electrons. The Balaban J connectivity index is 1.52. The van der Waals surface area contributed by atoms with Crippen molar-refractivity contribution < 1.29 is 22.3 Å². The van der Waals surface area contributed by atoms with E-state index in [0.29, 0.717) is 11.5 Å². The molecule has 3 rings (SSSR count). The molecule has 2 fully saturated rings. The zero-order valence-corrected chi connectivity index (χ0v) is 17.6. The first-order chi connectivity index (χ1) is 13.9. The van der Waals surface area contributed by atoms with Gasteiger partial charge in [-0.15, -0.1) is 0 Å². The van der Waals surface area contributed by atoms with Crippen LogP contribution in [0.3, 0.4) is 0 Å². The van der Waals surface area contributed by atoms with Crippen LogP contribution in [0.2, 0.25) is 0 Å². The van der Waals surface area contributed by atoms with Gasteiger partial charge in [0.1, 0.15) is 0 Å². The fraction of sp³-hybridized carbons (Fsp3) is 0.750. The number of alkyl halides is 2. The van der Waals surface area contributed by atoms with E-state index in [2.05, 4.69) is 18.6 Å². The maximum atomic E-state index is 14.1. The third-order valence-corrected chi connectivity index (χ3v) is 7.50. The second-order valence-corrected chi connectivity index (χ2v) is 9.24. The molecule has 1 unspecified atom stereocenters. The molecule has 2 aliphatic rings. The number of hydrogen-bond acceptors (Lipinski definition) is 1. The maximum Gasteiger partial charge on any atom is 0.387 e. The molecule has 2 saturated carbocycles. The van der Waals surface area contributed by atoms with Crippen molar-refractivity contribution in [3.63, 3.8) is 0 Å². The summed E-state index contributed by atoms with van der Waals surface area (Å²) in [5.41, 5.74) is 0.567. The molecule has 0 amide bonds. The lowest BCUT2D eigenvalue weighted by Crippen LogP contribution is -2.27. The fourth-order valence-electron chi connectivity index (χ4n) is 5.82. The normalized spacial score (nSPS) is 29.1. The van der Waals surface area contributed by atoms with Crippen molar-refractivity contribution in [1.29, 1.82) is 0 Å². The molecule has 5 heteroatoms. The second-order valence-electron chi connectivity index (χ2n) is 9.24. The molecular formula is C24H34F4O. The predicted molar refractivity (Wildman–Crippen MR) is 107 cm³/mol. The Morgan fingerprint density at radius 3 is 1.90 bits per heavy atom. The van der Waals surface area contributed by atoms with Crippen LogP contribution < -0.4 is 4.74 Å². The van der Waals surface area contributed by atoms with Crippen molar-refractivity contribution >= 4 is 0 Å². The topological polar surface area (TPSA) is 9.23 Å². The van der Waals surface area contributed by atoms with Crippen molar-refractivity contribution in [3.05, 3.63) is 29.3 Å². The van der Waals surface area contributed by atoms with Crippen LogP contribution in [0.5, 0.6) is 5.75 Å². The van der Waals surface area contributed by atoms with Crippen molar-refractivity contribution in [2.75, 3.05) is 0 Å². The van der Waals surface area contributed by atoms with Gasteiger partial charge in [-0.3, -0.25) is 0 Å². The molecular weight excluding hydrogens is 380 g/mol. The minimum absolute atomic E-state index is 0.0942. The fourth-order valence-corrected chi connectivity index (χ4v) is 5.82. The van der Waals surface area contributed by atoms with Crippen LogP contribution in [0, 0.1) is 35.3 Å². The number of ether oxygens (including phenoxy) is 1. The van der Waals surface area contributed by atoms with E-state index < -0.39 is 24.0 Å². The molecule has 0 spiro atoms. The minimum atomic E-state index is -3.24. The highest BCUT2D eigenvalue weighted by atomic mass is 19.3. The summed E-state index contributed by atoms with van der Waals surface area (Å²) in [6.07, 6.45) is 11.9. The average Bonchev–Trinajstić information content (AvgIpc) is 2.71. The quantitative estimate of drug-likeness (QED) is 0.410. The molecule has 0 radical (unpaired) electrons. The van der Waals surface area contributed by atoms with Gasteiger partial charge in [-0.25, -0.2) is 8.78 Å². The summed E-state index contributed by atoms with van der Waals surface area (Å²) in [5, 5.41) is 0. The molecule has 0 aromatic heterocycles. The Bertz CT molecular complexity index is 623. The Kier molecular flexibility index (Phi) is 7.86. The lowest BCUT2D eigenvalue weighted by molar-refractivity contribution is -0.0546. The van der Waals surface area contributed by atoms with Crippen LogP contribution in [0.4, 0.5) is 17.6 Å². The average molecular weight is 415 g/mol. The minimum Gasteiger partial charge on any atom is -0.429 e. The highest BCUT2D eigenvalue weighted by molar-refractivity contribution is 5.33. The van der Waals surface area contributed by atoms with Gasteiger partial charge in [0.2, 0.25) is 0 Å². The standard InChI is InChI=1S/C24H34F4O/c1-3-4-15(2)16-5-7-17(8-6-16)18-9-11-19(12-10-18)20-13-21(25)23(22(26)14-20)29-24(27)28/h13-19,24H,3-12H2,1-2H3. The van der Waals surface area contributed by atoms with Gasteiger partial charge in [-0.2, -0.15) is 8.78 Å². The third kappa shape index (κ3) is 5.67. The Hall–Kier alpha value is -1.26. The van der Waals surface area contributed by atoms with Crippen molar-refractivity contribution in [1.82, 2.24) is 0 Å². The Morgan fingerprint density at radius 2 is 1.41 bits per heavy atom. The lowest BCUT2D eigenvalue weighted by Gasteiger charge is -2.39. The molecule has 1 aromatic carbocycles. The monoisotopic (exact) mass is 414 g/mol. The number of hydrogen-bond donors (Lipinski definition) is 0. The van der Waals surface area contributed by atoms with Crippen molar-refractivity contribution in [2.24, 2.45) is 23.7 Å². The highest BCUT2D eigenvalue weighted by Gasteiger charge is 2.33. The van der Waals surface area contributed by atoms with E-state index in [0.717, 1.165) is 43.4 Å². The molecule has 29 heavy (non-hydrogen) atoms. The molecule has 0 heterocycles. The van der Waals surface area contributed by atoms with Crippen LogP contribution in [-0.4, -0.2) is 6.61 Å². The van der Waals surface area contributed by atoms with Crippen molar-refractivity contribution in [2.45, 2.75) is 90.6 Å². The molecule has 0 N–H and O–H groups in total. The molecule has 0 saturated heterocycles. The first kappa shape index (κ1) is 22.4. The van der Waals surface area contributed by atoms with Gasteiger partial charge in [0.15, 0.2) is 17.4 Å². The van der Waals surface area contributed by atoms with E-state index in [1.54, 1.807) is 0 Å². The number of rotatable bonds is 7. The smallest absolute Gasteiger partial charge is 0.387 e. The van der Waals surface area contributed by atoms with Gasteiger partial charge < -0.3 is 4.74 Å². The van der Waals surface area contributed by atoms with Crippen LogP contribution >= 0.6 is 0 Å². The molecule has 1 aromatic rings. The summed E-state index contributed by atoms with van der Waals surface area (Å²) in [5.74, 6) is 0.245. The van der Waals surface area contributed by atoms with Gasteiger partial charge >= 0.3 is 6.61 Å². The number of benzene rings is 1. The van der Waals surface area contributed by atoms with Gasteiger partial charge in [0.05, 0.1) is 0 Å². The van der Waals surface area contributed by atoms with Gasteiger partial charge in [0.25, 0.3) is 0 Å². The first-order valence-electron chi connectivity index (χ1n) is 11.3. The zero-order chi connectivity index (χ0) is 21.0. The second kappa shape index (κ2) is 10.2. The van der Waals surface area contributed by atoms with Gasteiger partial charge in [-0.1, -0.05) is 26.7 Å². The van der Waals surface area contributed by atoms with Crippen LogP contribution in [-0.2, 0) is 0 Å². The predicted octanol–water partition coefficient (Wildman–Crippen LogP) is 8.08. The van der Waals surface area contributed by atoms with E-state index in [1.807, 2.05) is 0 Å². The molecule has 1 nitrogen and oxygen atoms in total. The molecule has 0 bridgehead atoms. The molecule has 2 aliphatic carbocycles. The molecule has 1 atom stereocenters. The van der Waals surface area contributed by atoms with Gasteiger partial charge in [0, 0.05) is 0 Å². The number of halogens is 4. The van der Waals surface area contributed by atoms with Crippen molar-refractivity contribution in [3.8, 4) is 5.75 Å². The first-order valence-corrected chi connectivity index (χ1v) is 11.3. The highest BCUT2D eigenvalue weighted by Crippen LogP contribution is 2.45. The Morgan fingerprint density at radius 1 is 0.897 bits per heavy atom. The third-order valence-electron chi connectivity index (χ3n) is 7.50. The SMILES string of the molecule is CCCC(C)C1CCC(C2CCC(c3cc(F)c(OC(F)F)c(F)c3)CC2)CC1. The van der Waals surface area contributed by atoms with E-state index >= 15 is 0 Å². The summed E-state index contributed by atoms with van der Waals surface area (Å²) in [4.78, 5) is 0. The summed E-state index contributed by atoms with van der Waals surface area (Å²) < 4.78 is 56.7. The summed E-state index contributed by atoms with van der Waals surface area (Å²) >= 11 is 0. The molecule has 0 aliphatic heterocycles.